The number of piperazine rings is 1. The first kappa shape index (κ1) is 19.3. The quantitative estimate of drug-likeness (QED) is 0.793. The lowest BCUT2D eigenvalue weighted by atomic mass is 10.00. The molecule has 1 aliphatic rings. The van der Waals surface area contributed by atoms with E-state index in [2.05, 4.69) is 60.4 Å². The van der Waals surface area contributed by atoms with Gasteiger partial charge in [-0.1, -0.05) is 36.4 Å². The lowest BCUT2D eigenvalue weighted by molar-refractivity contribution is 0.0240. The first-order chi connectivity index (χ1) is 12.8. The molecule has 1 heterocycles. The standard InChI is InChI=1S/C23H30N2O2/c1-18-16-21(11-10-20(18)17-19-8-6-5-7-9-19)24-12-14-25(15-13-24)22(26)27-23(2,3)4/h5-11,16H,12-15,17H2,1-4H3. The van der Waals surface area contributed by atoms with Gasteiger partial charge in [0.15, 0.2) is 0 Å². The van der Waals surface area contributed by atoms with Crippen LogP contribution < -0.4 is 4.90 Å². The van der Waals surface area contributed by atoms with Crippen LogP contribution >= 0.6 is 0 Å². The van der Waals surface area contributed by atoms with Gasteiger partial charge in [0.2, 0.25) is 0 Å². The molecule has 0 aliphatic carbocycles. The highest BCUT2D eigenvalue weighted by Crippen LogP contribution is 2.23. The highest BCUT2D eigenvalue weighted by atomic mass is 16.6. The van der Waals surface area contributed by atoms with Crippen molar-refractivity contribution in [3.8, 4) is 0 Å². The van der Waals surface area contributed by atoms with Gasteiger partial charge in [0.1, 0.15) is 5.60 Å². The number of carbonyl (C=O) groups is 1. The summed E-state index contributed by atoms with van der Waals surface area (Å²) in [6.07, 6.45) is 0.746. The van der Waals surface area contributed by atoms with Crippen LogP contribution in [0.5, 0.6) is 0 Å². The molecule has 2 aromatic carbocycles. The first-order valence-electron chi connectivity index (χ1n) is 9.68. The van der Waals surface area contributed by atoms with E-state index in [1.54, 1.807) is 4.90 Å². The summed E-state index contributed by atoms with van der Waals surface area (Å²) in [6, 6.07) is 17.3. The third-order valence-electron chi connectivity index (χ3n) is 4.86. The van der Waals surface area contributed by atoms with Crippen LogP contribution in [0.1, 0.15) is 37.5 Å². The third kappa shape index (κ3) is 5.25. The fourth-order valence-electron chi connectivity index (χ4n) is 3.36. The smallest absolute Gasteiger partial charge is 0.410 e. The number of aryl methyl sites for hydroxylation is 1. The molecule has 144 valence electrons. The van der Waals surface area contributed by atoms with E-state index in [4.69, 9.17) is 4.74 Å². The van der Waals surface area contributed by atoms with Gasteiger partial charge in [0.25, 0.3) is 0 Å². The molecule has 3 rings (SSSR count). The second-order valence-electron chi connectivity index (χ2n) is 8.23. The monoisotopic (exact) mass is 366 g/mol. The van der Waals surface area contributed by atoms with Gasteiger partial charge in [0.05, 0.1) is 0 Å². The number of benzene rings is 2. The molecule has 0 bridgehead atoms. The number of anilines is 1. The van der Waals surface area contributed by atoms with E-state index in [0.29, 0.717) is 13.1 Å². The highest BCUT2D eigenvalue weighted by molar-refractivity contribution is 5.68. The molecule has 0 radical (unpaired) electrons. The Hall–Kier alpha value is -2.49. The maximum atomic E-state index is 12.2. The molecule has 1 fully saturated rings. The van der Waals surface area contributed by atoms with Crippen LogP contribution in [0, 0.1) is 6.92 Å². The summed E-state index contributed by atoms with van der Waals surface area (Å²) >= 11 is 0. The molecular formula is C23H30N2O2. The molecule has 0 N–H and O–H groups in total. The highest BCUT2D eigenvalue weighted by Gasteiger charge is 2.26. The maximum absolute atomic E-state index is 12.2. The number of hydrogen-bond acceptors (Lipinski definition) is 3. The Labute approximate surface area is 162 Å². The number of ether oxygens (including phenoxy) is 1. The minimum absolute atomic E-state index is 0.212. The Morgan fingerprint density at radius 2 is 1.67 bits per heavy atom. The second-order valence-corrected chi connectivity index (χ2v) is 8.23. The summed E-state index contributed by atoms with van der Waals surface area (Å²) in [5, 5.41) is 0. The number of amides is 1. The number of hydrogen-bond donors (Lipinski definition) is 0. The Morgan fingerprint density at radius 3 is 2.26 bits per heavy atom. The second kappa shape index (κ2) is 8.03. The zero-order valence-corrected chi connectivity index (χ0v) is 16.9. The normalized spacial score (nSPS) is 15.0. The van der Waals surface area contributed by atoms with E-state index < -0.39 is 5.60 Å². The Bertz CT molecular complexity index is 773. The molecule has 1 aliphatic heterocycles. The van der Waals surface area contributed by atoms with E-state index in [1.165, 1.54) is 22.4 Å². The van der Waals surface area contributed by atoms with Crippen molar-refractivity contribution in [1.82, 2.24) is 4.90 Å². The average Bonchev–Trinajstić information content (AvgIpc) is 2.63. The SMILES string of the molecule is Cc1cc(N2CCN(C(=O)OC(C)(C)C)CC2)ccc1Cc1ccccc1. The number of nitrogens with zero attached hydrogens (tertiary/aromatic N) is 2. The fourth-order valence-corrected chi connectivity index (χ4v) is 3.36. The lowest BCUT2D eigenvalue weighted by Crippen LogP contribution is -2.50. The van der Waals surface area contributed by atoms with Gasteiger partial charge in [-0.05, 0) is 62.9 Å². The lowest BCUT2D eigenvalue weighted by Gasteiger charge is -2.37. The Kier molecular flexibility index (Phi) is 5.73. The van der Waals surface area contributed by atoms with Crippen LogP contribution in [-0.4, -0.2) is 42.8 Å². The number of carbonyl (C=O) groups excluding carboxylic acids is 1. The van der Waals surface area contributed by atoms with Gasteiger partial charge < -0.3 is 14.5 Å². The summed E-state index contributed by atoms with van der Waals surface area (Å²) in [7, 11) is 0. The van der Waals surface area contributed by atoms with E-state index in [0.717, 1.165) is 19.5 Å². The van der Waals surface area contributed by atoms with Crippen molar-refractivity contribution >= 4 is 11.8 Å². The number of rotatable bonds is 3. The summed E-state index contributed by atoms with van der Waals surface area (Å²) in [4.78, 5) is 16.4. The van der Waals surface area contributed by atoms with Crippen molar-refractivity contribution in [2.75, 3.05) is 31.1 Å². The summed E-state index contributed by atoms with van der Waals surface area (Å²) in [5.74, 6) is 0. The minimum Gasteiger partial charge on any atom is -0.444 e. The molecule has 1 saturated heterocycles. The third-order valence-corrected chi connectivity index (χ3v) is 4.86. The molecule has 0 aromatic heterocycles. The molecule has 0 saturated carbocycles. The first-order valence-corrected chi connectivity index (χ1v) is 9.68. The molecule has 0 spiro atoms. The summed E-state index contributed by atoms with van der Waals surface area (Å²) in [6.45, 7) is 10.9. The predicted molar refractivity (Wildman–Crippen MR) is 110 cm³/mol. The van der Waals surface area contributed by atoms with Crippen molar-refractivity contribution < 1.29 is 9.53 Å². The van der Waals surface area contributed by atoms with E-state index in [1.807, 2.05) is 20.8 Å². The zero-order valence-electron chi connectivity index (χ0n) is 16.9. The molecule has 4 nitrogen and oxygen atoms in total. The van der Waals surface area contributed by atoms with Crippen LogP contribution in [0.15, 0.2) is 48.5 Å². The van der Waals surface area contributed by atoms with Gasteiger partial charge in [-0.25, -0.2) is 4.79 Å². The van der Waals surface area contributed by atoms with Crippen LogP contribution in [0.3, 0.4) is 0 Å². The van der Waals surface area contributed by atoms with Crippen molar-refractivity contribution in [1.29, 1.82) is 0 Å². The van der Waals surface area contributed by atoms with E-state index in [-0.39, 0.29) is 6.09 Å². The van der Waals surface area contributed by atoms with Gasteiger partial charge in [0, 0.05) is 31.9 Å². The van der Waals surface area contributed by atoms with Crippen LogP contribution in [0.25, 0.3) is 0 Å². The Morgan fingerprint density at radius 1 is 1.00 bits per heavy atom. The van der Waals surface area contributed by atoms with Gasteiger partial charge >= 0.3 is 6.09 Å². The summed E-state index contributed by atoms with van der Waals surface area (Å²) in [5.41, 5.74) is 4.79. The maximum Gasteiger partial charge on any atom is 0.410 e. The topological polar surface area (TPSA) is 32.8 Å². The van der Waals surface area contributed by atoms with Crippen molar-refractivity contribution in [3.05, 3.63) is 65.2 Å². The van der Waals surface area contributed by atoms with Crippen LogP contribution in [0.4, 0.5) is 10.5 Å². The molecule has 4 heteroatoms. The molecule has 27 heavy (non-hydrogen) atoms. The van der Waals surface area contributed by atoms with Crippen LogP contribution in [0.2, 0.25) is 0 Å². The largest absolute Gasteiger partial charge is 0.444 e. The zero-order chi connectivity index (χ0) is 19.4. The van der Waals surface area contributed by atoms with E-state index >= 15 is 0 Å². The predicted octanol–water partition coefficient (Wildman–Crippen LogP) is 4.64. The van der Waals surface area contributed by atoms with Crippen molar-refractivity contribution in [2.24, 2.45) is 0 Å². The molecule has 2 aromatic rings. The van der Waals surface area contributed by atoms with Crippen LogP contribution in [-0.2, 0) is 11.2 Å². The molecule has 0 unspecified atom stereocenters. The average molecular weight is 367 g/mol. The molecule has 0 atom stereocenters. The van der Waals surface area contributed by atoms with Gasteiger partial charge in [-0.2, -0.15) is 0 Å². The van der Waals surface area contributed by atoms with Gasteiger partial charge in [-0.3, -0.25) is 0 Å². The van der Waals surface area contributed by atoms with E-state index in [9.17, 15) is 4.79 Å². The van der Waals surface area contributed by atoms with Crippen molar-refractivity contribution in [2.45, 2.75) is 39.7 Å². The molecular weight excluding hydrogens is 336 g/mol. The molecule has 1 amide bonds. The summed E-state index contributed by atoms with van der Waals surface area (Å²) < 4.78 is 5.48. The fraction of sp³-hybridized carbons (Fsp3) is 0.435. The van der Waals surface area contributed by atoms with Gasteiger partial charge in [-0.15, -0.1) is 0 Å². The minimum atomic E-state index is -0.445. The van der Waals surface area contributed by atoms with Crippen molar-refractivity contribution in [3.63, 3.8) is 0 Å². The Balaban J connectivity index is 1.60.